The number of hydrogen-bond donors (Lipinski definition) is 1. The monoisotopic (exact) mass is 121 g/mol. The fourth-order valence-electron chi connectivity index (χ4n) is 0.441. The Bertz CT molecular complexity index is 214. The Morgan fingerprint density at radius 2 is 2.67 bits per heavy atom. The van der Waals surface area contributed by atoms with Gasteiger partial charge < -0.3 is 0 Å². The van der Waals surface area contributed by atoms with Crippen LogP contribution in [0.25, 0.3) is 0 Å². The average Bonchev–Trinajstić information content (AvgIpc) is 2.34. The highest BCUT2D eigenvalue weighted by molar-refractivity contribution is 5.22. The summed E-state index contributed by atoms with van der Waals surface area (Å²) in [5, 5.41) is 9.82. The molecule has 1 rings (SSSR count). The molecule has 0 spiro atoms. The van der Waals surface area contributed by atoms with Crippen LogP contribution in [0.15, 0.2) is 6.20 Å². The van der Waals surface area contributed by atoms with Crippen molar-refractivity contribution in [3.63, 3.8) is 0 Å². The normalized spacial score (nSPS) is 8.11. The van der Waals surface area contributed by atoms with Crippen LogP contribution in [0.4, 0.5) is 0 Å². The topological polar surface area (TPSA) is 41.6 Å². The van der Waals surface area contributed by atoms with Crippen LogP contribution in [0.2, 0.25) is 0 Å². The van der Waals surface area contributed by atoms with Crippen LogP contribution in [-0.2, 0) is 0 Å². The zero-order valence-corrected chi connectivity index (χ0v) is 5.18. The number of H-pyrrole nitrogens is 1. The molecule has 9 heavy (non-hydrogen) atoms. The van der Waals surface area contributed by atoms with E-state index < -0.39 is 0 Å². The fraction of sp³-hybridized carbons (Fsp3) is 0.333. The van der Waals surface area contributed by atoms with Crippen molar-refractivity contribution in [3.05, 3.63) is 11.9 Å². The van der Waals surface area contributed by atoms with E-state index >= 15 is 0 Å². The lowest BCUT2D eigenvalue weighted by molar-refractivity contribution is 0.936. The second kappa shape index (κ2) is 2.88. The Balaban J connectivity index is 2.67. The molecular weight excluding hydrogens is 114 g/mol. The lowest BCUT2D eigenvalue weighted by atomic mass is 10.4. The number of aromatic amines is 1. The first-order valence-electron chi connectivity index (χ1n) is 2.78. The summed E-state index contributed by atoms with van der Waals surface area (Å²) in [6, 6.07) is 0. The Kier molecular flexibility index (Phi) is 1.86. The molecule has 46 valence electrons. The smallest absolute Gasteiger partial charge is 0.155 e. The third-order valence-electron chi connectivity index (χ3n) is 0.808. The lowest BCUT2D eigenvalue weighted by Gasteiger charge is -1.69. The summed E-state index contributed by atoms with van der Waals surface area (Å²) in [5.41, 5.74) is 0.705. The first kappa shape index (κ1) is 5.83. The molecule has 0 aromatic carbocycles. The molecule has 0 fully saturated rings. The first-order chi connectivity index (χ1) is 4.43. The SMILES string of the molecule is CCC#Cc1cn[nH]n1. The van der Waals surface area contributed by atoms with Crippen LogP contribution in [-0.4, -0.2) is 15.4 Å². The van der Waals surface area contributed by atoms with Gasteiger partial charge in [0, 0.05) is 6.42 Å². The van der Waals surface area contributed by atoms with Crippen molar-refractivity contribution in [3.8, 4) is 11.8 Å². The fourth-order valence-corrected chi connectivity index (χ4v) is 0.441. The molecule has 0 aliphatic heterocycles. The molecule has 1 heterocycles. The molecule has 0 unspecified atom stereocenters. The summed E-state index contributed by atoms with van der Waals surface area (Å²) in [6.45, 7) is 1.99. The average molecular weight is 121 g/mol. The molecule has 1 N–H and O–H groups in total. The van der Waals surface area contributed by atoms with E-state index in [0.717, 1.165) is 6.42 Å². The second-order valence-electron chi connectivity index (χ2n) is 1.51. The van der Waals surface area contributed by atoms with Crippen molar-refractivity contribution >= 4 is 0 Å². The van der Waals surface area contributed by atoms with Crippen molar-refractivity contribution < 1.29 is 0 Å². The van der Waals surface area contributed by atoms with Gasteiger partial charge in [-0.15, -0.1) is 5.10 Å². The highest BCUT2D eigenvalue weighted by Gasteiger charge is 1.83. The van der Waals surface area contributed by atoms with Gasteiger partial charge in [-0.2, -0.15) is 10.3 Å². The van der Waals surface area contributed by atoms with E-state index in [4.69, 9.17) is 0 Å². The van der Waals surface area contributed by atoms with Crippen LogP contribution >= 0.6 is 0 Å². The minimum absolute atomic E-state index is 0.705. The summed E-state index contributed by atoms with van der Waals surface area (Å²) in [5.74, 6) is 5.70. The Morgan fingerprint density at radius 1 is 1.78 bits per heavy atom. The molecule has 0 amide bonds. The highest BCUT2D eigenvalue weighted by atomic mass is 15.3. The van der Waals surface area contributed by atoms with Crippen molar-refractivity contribution in [2.75, 3.05) is 0 Å². The number of aromatic nitrogens is 3. The summed E-state index contributed by atoms with van der Waals surface area (Å²) >= 11 is 0. The Labute approximate surface area is 53.5 Å². The minimum Gasteiger partial charge on any atom is -0.197 e. The maximum Gasteiger partial charge on any atom is 0.155 e. The first-order valence-corrected chi connectivity index (χ1v) is 2.78. The summed E-state index contributed by atoms with van der Waals surface area (Å²) in [6.07, 6.45) is 2.45. The van der Waals surface area contributed by atoms with E-state index in [1.54, 1.807) is 6.20 Å². The van der Waals surface area contributed by atoms with Crippen LogP contribution < -0.4 is 0 Å². The largest absolute Gasteiger partial charge is 0.197 e. The van der Waals surface area contributed by atoms with Gasteiger partial charge in [-0.25, -0.2) is 0 Å². The van der Waals surface area contributed by atoms with E-state index in [1.165, 1.54) is 0 Å². The van der Waals surface area contributed by atoms with Gasteiger partial charge in [0.1, 0.15) is 0 Å². The molecule has 1 aromatic rings. The van der Waals surface area contributed by atoms with Crippen molar-refractivity contribution in [2.45, 2.75) is 13.3 Å². The number of rotatable bonds is 0. The van der Waals surface area contributed by atoms with Crippen molar-refractivity contribution in [1.29, 1.82) is 0 Å². The molecule has 0 aliphatic rings. The Hall–Kier alpha value is -1.30. The van der Waals surface area contributed by atoms with Crippen LogP contribution in [0, 0.1) is 11.8 Å². The third-order valence-corrected chi connectivity index (χ3v) is 0.808. The molecule has 0 saturated heterocycles. The maximum absolute atomic E-state index is 3.74. The van der Waals surface area contributed by atoms with Gasteiger partial charge in [-0.1, -0.05) is 12.8 Å². The van der Waals surface area contributed by atoms with Crippen molar-refractivity contribution in [1.82, 2.24) is 15.4 Å². The molecule has 0 bridgehead atoms. The molecule has 0 atom stereocenters. The van der Waals surface area contributed by atoms with Crippen LogP contribution in [0.1, 0.15) is 19.0 Å². The molecule has 0 radical (unpaired) electrons. The third kappa shape index (κ3) is 1.57. The number of hydrogen-bond acceptors (Lipinski definition) is 2. The number of nitrogens with zero attached hydrogens (tertiary/aromatic N) is 2. The Morgan fingerprint density at radius 3 is 3.22 bits per heavy atom. The highest BCUT2D eigenvalue weighted by Crippen LogP contribution is 1.82. The predicted octanol–water partition coefficient (Wildman–Crippen LogP) is 0.566. The molecule has 3 heteroatoms. The lowest BCUT2D eigenvalue weighted by Crippen LogP contribution is -1.71. The second-order valence-corrected chi connectivity index (χ2v) is 1.51. The zero-order chi connectivity index (χ0) is 6.53. The molecule has 0 saturated carbocycles. The van der Waals surface area contributed by atoms with Crippen LogP contribution in [0.5, 0.6) is 0 Å². The molecule has 1 aromatic heterocycles. The van der Waals surface area contributed by atoms with E-state index in [2.05, 4.69) is 27.3 Å². The van der Waals surface area contributed by atoms with Crippen molar-refractivity contribution in [2.24, 2.45) is 0 Å². The molecular formula is C6H7N3. The van der Waals surface area contributed by atoms with Gasteiger partial charge in [0.25, 0.3) is 0 Å². The van der Waals surface area contributed by atoms with E-state index in [1.807, 2.05) is 6.92 Å². The van der Waals surface area contributed by atoms with Gasteiger partial charge in [-0.3, -0.25) is 0 Å². The maximum atomic E-state index is 3.74. The van der Waals surface area contributed by atoms with Gasteiger partial charge in [0.05, 0.1) is 6.20 Å². The van der Waals surface area contributed by atoms with Gasteiger partial charge in [-0.05, 0) is 5.92 Å². The summed E-state index contributed by atoms with van der Waals surface area (Å²) in [7, 11) is 0. The standard InChI is InChI=1S/C6H7N3/c1-2-3-4-6-5-7-9-8-6/h5H,2H2,1H3,(H,7,8,9). The predicted molar refractivity (Wildman–Crippen MR) is 33.6 cm³/mol. The van der Waals surface area contributed by atoms with Gasteiger partial charge in [0.15, 0.2) is 5.69 Å². The quantitative estimate of drug-likeness (QED) is 0.510. The summed E-state index contributed by atoms with van der Waals surface area (Å²) < 4.78 is 0. The zero-order valence-electron chi connectivity index (χ0n) is 5.18. The van der Waals surface area contributed by atoms with Gasteiger partial charge >= 0.3 is 0 Å². The van der Waals surface area contributed by atoms with E-state index in [-0.39, 0.29) is 0 Å². The number of nitrogens with one attached hydrogen (secondary N) is 1. The van der Waals surface area contributed by atoms with E-state index in [0.29, 0.717) is 5.69 Å². The van der Waals surface area contributed by atoms with Crippen LogP contribution in [0.3, 0.4) is 0 Å². The molecule has 3 nitrogen and oxygen atoms in total. The van der Waals surface area contributed by atoms with Gasteiger partial charge in [0.2, 0.25) is 0 Å². The van der Waals surface area contributed by atoms with E-state index in [9.17, 15) is 0 Å². The minimum atomic E-state index is 0.705. The molecule has 0 aliphatic carbocycles. The summed E-state index contributed by atoms with van der Waals surface area (Å²) in [4.78, 5) is 0.